The Hall–Kier alpha value is -3.53. The number of fused-ring (bicyclic) bond motifs is 1. The normalized spacial score (nSPS) is 15.9. The molecule has 1 aliphatic heterocycles. The molecule has 2 amide bonds. The fourth-order valence-corrected chi connectivity index (χ4v) is 4.28. The highest BCUT2D eigenvalue weighted by molar-refractivity contribution is 6.34. The minimum atomic E-state index is -5.07. The van der Waals surface area contributed by atoms with E-state index < -0.39 is 47.0 Å². The van der Waals surface area contributed by atoms with Gasteiger partial charge in [0.25, 0.3) is 5.91 Å². The van der Waals surface area contributed by atoms with Gasteiger partial charge in [0.2, 0.25) is 5.91 Å². The number of amides is 2. The van der Waals surface area contributed by atoms with Gasteiger partial charge < -0.3 is 5.32 Å². The van der Waals surface area contributed by atoms with Gasteiger partial charge in [0.15, 0.2) is 0 Å². The maximum absolute atomic E-state index is 13.5. The number of benzene rings is 3. The fraction of sp³-hybridized carbons (Fsp3) is 0.200. The van der Waals surface area contributed by atoms with Gasteiger partial charge in [0, 0.05) is 11.4 Å². The summed E-state index contributed by atoms with van der Waals surface area (Å²) in [7, 11) is 0. The lowest BCUT2D eigenvalue weighted by Crippen LogP contribution is -2.50. The van der Waals surface area contributed by atoms with Gasteiger partial charge in [0.05, 0.1) is 21.7 Å². The zero-order chi connectivity index (χ0) is 26.3. The summed E-state index contributed by atoms with van der Waals surface area (Å²) in [6, 6.07) is 12.5. The van der Waals surface area contributed by atoms with Crippen molar-refractivity contribution in [3.63, 3.8) is 0 Å². The smallest absolute Gasteiger partial charge is 0.324 e. The molecule has 0 saturated carbocycles. The molecule has 3 aromatic carbocycles. The maximum Gasteiger partial charge on any atom is 0.416 e. The van der Waals surface area contributed by atoms with Crippen LogP contribution in [0.25, 0.3) is 0 Å². The van der Waals surface area contributed by atoms with E-state index in [0.29, 0.717) is 24.2 Å². The van der Waals surface area contributed by atoms with E-state index >= 15 is 0 Å². The Morgan fingerprint density at radius 1 is 0.861 bits per heavy atom. The molecule has 1 unspecified atom stereocenters. The third-order valence-electron chi connectivity index (χ3n) is 5.73. The van der Waals surface area contributed by atoms with Gasteiger partial charge in [-0.2, -0.15) is 26.3 Å². The molecule has 0 fully saturated rings. The average Bonchev–Trinajstić information content (AvgIpc) is 2.82. The van der Waals surface area contributed by atoms with Crippen molar-refractivity contribution in [2.24, 2.45) is 0 Å². The summed E-state index contributed by atoms with van der Waals surface area (Å²) in [4.78, 5) is 27.9. The van der Waals surface area contributed by atoms with E-state index in [1.165, 1.54) is 17.0 Å². The molecule has 0 saturated heterocycles. The molecule has 1 aliphatic rings. The highest BCUT2D eigenvalue weighted by atomic mass is 35.5. The SMILES string of the molecule is O=C(Nc1cc(C(F)(F)F)cc(C(F)(F)F)c1)C1CCc2ccccc2N1C(=O)c1ccccc1Cl. The van der Waals surface area contributed by atoms with Crippen LogP contribution < -0.4 is 10.2 Å². The molecule has 0 aromatic heterocycles. The summed E-state index contributed by atoms with van der Waals surface area (Å²) in [6.07, 6.45) is -9.70. The van der Waals surface area contributed by atoms with E-state index in [-0.39, 0.29) is 23.1 Å². The molecule has 36 heavy (non-hydrogen) atoms. The van der Waals surface area contributed by atoms with Crippen molar-refractivity contribution in [1.29, 1.82) is 0 Å². The van der Waals surface area contributed by atoms with Crippen molar-refractivity contribution < 1.29 is 35.9 Å². The Labute approximate surface area is 206 Å². The van der Waals surface area contributed by atoms with Crippen molar-refractivity contribution in [2.45, 2.75) is 31.2 Å². The number of carbonyl (C=O) groups excluding carboxylic acids is 2. The van der Waals surface area contributed by atoms with Gasteiger partial charge in [0.1, 0.15) is 6.04 Å². The van der Waals surface area contributed by atoms with Crippen LogP contribution in [0.1, 0.15) is 33.5 Å². The number of anilines is 2. The number of nitrogens with one attached hydrogen (secondary N) is 1. The number of carbonyl (C=O) groups is 2. The molecule has 0 radical (unpaired) electrons. The Morgan fingerprint density at radius 2 is 1.44 bits per heavy atom. The molecule has 1 N–H and O–H groups in total. The maximum atomic E-state index is 13.5. The first-order chi connectivity index (χ1) is 16.9. The number of alkyl halides is 6. The molecule has 188 valence electrons. The number of nitrogens with zero attached hydrogens (tertiary/aromatic N) is 1. The van der Waals surface area contributed by atoms with Crippen LogP contribution in [-0.4, -0.2) is 17.9 Å². The van der Waals surface area contributed by atoms with E-state index in [1.54, 1.807) is 36.4 Å². The van der Waals surface area contributed by atoms with E-state index in [9.17, 15) is 35.9 Å². The molecule has 1 atom stereocenters. The van der Waals surface area contributed by atoms with E-state index in [2.05, 4.69) is 5.32 Å². The van der Waals surface area contributed by atoms with Crippen LogP contribution in [0, 0.1) is 0 Å². The molecule has 0 aliphatic carbocycles. The first-order valence-electron chi connectivity index (χ1n) is 10.6. The van der Waals surface area contributed by atoms with Gasteiger partial charge in [-0.05, 0) is 54.8 Å². The quantitative estimate of drug-likeness (QED) is 0.374. The lowest BCUT2D eigenvalue weighted by molar-refractivity contribution is -0.143. The molecule has 11 heteroatoms. The van der Waals surface area contributed by atoms with Gasteiger partial charge in [-0.3, -0.25) is 14.5 Å². The minimum Gasteiger partial charge on any atom is -0.324 e. The lowest BCUT2D eigenvalue weighted by Gasteiger charge is -2.36. The average molecular weight is 527 g/mol. The van der Waals surface area contributed by atoms with Gasteiger partial charge in [-0.1, -0.05) is 41.9 Å². The fourth-order valence-electron chi connectivity index (χ4n) is 4.06. The van der Waals surface area contributed by atoms with E-state index in [0.717, 1.165) is 5.56 Å². The second kappa shape index (κ2) is 9.50. The summed E-state index contributed by atoms with van der Waals surface area (Å²) in [5.41, 5.74) is -2.58. The second-order valence-electron chi connectivity index (χ2n) is 8.12. The predicted octanol–water partition coefficient (Wildman–Crippen LogP) is 6.98. The molecule has 3 aromatic rings. The van der Waals surface area contributed by atoms with Crippen LogP contribution in [0.4, 0.5) is 37.7 Å². The first-order valence-corrected chi connectivity index (χ1v) is 11.0. The van der Waals surface area contributed by atoms with Crippen LogP contribution in [-0.2, 0) is 23.6 Å². The zero-order valence-corrected chi connectivity index (χ0v) is 19.0. The third-order valence-corrected chi connectivity index (χ3v) is 6.06. The van der Waals surface area contributed by atoms with E-state index in [1.807, 2.05) is 0 Å². The third kappa shape index (κ3) is 5.18. The highest BCUT2D eigenvalue weighted by Crippen LogP contribution is 2.38. The van der Waals surface area contributed by atoms with Crippen molar-refractivity contribution in [3.05, 3.63) is 94.0 Å². The van der Waals surface area contributed by atoms with E-state index in [4.69, 9.17) is 11.6 Å². The lowest BCUT2D eigenvalue weighted by atomic mass is 9.94. The number of aryl methyl sites for hydroxylation is 1. The number of rotatable bonds is 3. The summed E-state index contributed by atoms with van der Waals surface area (Å²) in [5.74, 6) is -1.56. The molecular weight excluding hydrogens is 510 g/mol. The van der Waals surface area contributed by atoms with Crippen molar-refractivity contribution in [1.82, 2.24) is 0 Å². The zero-order valence-electron chi connectivity index (χ0n) is 18.3. The number of hydrogen-bond acceptors (Lipinski definition) is 2. The van der Waals surface area contributed by atoms with Gasteiger partial charge in [-0.25, -0.2) is 0 Å². The Kier molecular flexibility index (Phi) is 6.74. The molecule has 0 bridgehead atoms. The highest BCUT2D eigenvalue weighted by Gasteiger charge is 2.39. The summed E-state index contributed by atoms with van der Waals surface area (Å²) >= 11 is 6.18. The number of para-hydroxylation sites is 1. The van der Waals surface area contributed by atoms with Crippen LogP contribution in [0.3, 0.4) is 0 Å². The monoisotopic (exact) mass is 526 g/mol. The second-order valence-corrected chi connectivity index (χ2v) is 8.53. The van der Waals surface area contributed by atoms with Crippen LogP contribution in [0.5, 0.6) is 0 Å². The Balaban J connectivity index is 1.73. The summed E-state index contributed by atoms with van der Waals surface area (Å²) < 4.78 is 79.4. The Morgan fingerprint density at radius 3 is 2.06 bits per heavy atom. The number of hydrogen-bond donors (Lipinski definition) is 1. The van der Waals surface area contributed by atoms with Gasteiger partial charge in [-0.15, -0.1) is 0 Å². The minimum absolute atomic E-state index is 0.0280. The van der Waals surface area contributed by atoms with Crippen LogP contribution >= 0.6 is 11.6 Å². The standard InChI is InChI=1S/C25H17ClF6N2O2/c26-19-7-3-2-6-18(19)23(36)34-20-8-4-1-5-14(20)9-10-21(34)22(35)33-17-12-15(24(27,28)29)11-16(13-17)25(30,31)32/h1-8,11-13,21H,9-10H2,(H,33,35). The molecule has 1 heterocycles. The van der Waals surface area contributed by atoms with Gasteiger partial charge >= 0.3 is 12.4 Å². The largest absolute Gasteiger partial charge is 0.416 e. The van der Waals surface area contributed by atoms with Crippen molar-refractivity contribution in [3.8, 4) is 0 Å². The molecular formula is C25H17ClF6N2O2. The van der Waals surface area contributed by atoms with Crippen LogP contribution in [0.2, 0.25) is 5.02 Å². The van der Waals surface area contributed by atoms with Crippen molar-refractivity contribution in [2.75, 3.05) is 10.2 Å². The molecule has 4 rings (SSSR count). The number of halogens is 7. The topological polar surface area (TPSA) is 49.4 Å². The molecule has 0 spiro atoms. The summed E-state index contributed by atoms with van der Waals surface area (Å²) in [5, 5.41) is 2.28. The van der Waals surface area contributed by atoms with Crippen LogP contribution in [0.15, 0.2) is 66.7 Å². The Bertz CT molecular complexity index is 1290. The molecule has 4 nitrogen and oxygen atoms in total. The van der Waals surface area contributed by atoms with Crippen molar-refractivity contribution >= 4 is 34.8 Å². The summed E-state index contributed by atoms with van der Waals surface area (Å²) in [6.45, 7) is 0. The predicted molar refractivity (Wildman–Crippen MR) is 122 cm³/mol. The first kappa shape index (κ1) is 25.6.